The Labute approximate surface area is 138 Å². The van der Waals surface area contributed by atoms with E-state index in [1.165, 1.54) is 4.57 Å². The van der Waals surface area contributed by atoms with Gasteiger partial charge in [0, 0.05) is 19.3 Å². The summed E-state index contributed by atoms with van der Waals surface area (Å²) < 4.78 is 12.1. The number of carbonyl (C=O) groups is 1. The van der Waals surface area contributed by atoms with Gasteiger partial charge in [-0.25, -0.2) is 0 Å². The predicted octanol–water partition coefficient (Wildman–Crippen LogP) is 1.17. The van der Waals surface area contributed by atoms with Crippen molar-refractivity contribution in [3.05, 3.63) is 45.0 Å². The highest BCUT2D eigenvalue weighted by Gasteiger charge is 2.24. The van der Waals surface area contributed by atoms with Gasteiger partial charge in [0.1, 0.15) is 11.7 Å². The van der Waals surface area contributed by atoms with E-state index in [1.807, 2.05) is 6.92 Å². The number of aromatic nitrogens is 3. The minimum Gasteiger partial charge on any atom is -0.368 e. The summed E-state index contributed by atoms with van der Waals surface area (Å²) in [6.07, 6.45) is 1.66. The van der Waals surface area contributed by atoms with Crippen molar-refractivity contribution in [3.63, 3.8) is 0 Å². The molecule has 1 aliphatic rings. The van der Waals surface area contributed by atoms with Gasteiger partial charge in [-0.05, 0) is 38.3 Å². The first-order valence-electron chi connectivity index (χ1n) is 7.87. The van der Waals surface area contributed by atoms with Crippen molar-refractivity contribution in [2.45, 2.75) is 39.3 Å². The SMILES string of the molecule is Cc1cc(C)n(C)c(=O)c1C(=O)NCc1noc([C@@H]2CCCO2)n1. The largest absolute Gasteiger partial charge is 0.368 e. The minimum absolute atomic E-state index is 0.0888. The van der Waals surface area contributed by atoms with Crippen LogP contribution in [0.2, 0.25) is 0 Å². The highest BCUT2D eigenvalue weighted by Crippen LogP contribution is 2.26. The molecule has 1 N–H and O–H groups in total. The maximum Gasteiger partial charge on any atom is 0.263 e. The number of amides is 1. The summed E-state index contributed by atoms with van der Waals surface area (Å²) in [6.45, 7) is 4.34. The zero-order valence-corrected chi connectivity index (χ0v) is 14.0. The molecule has 24 heavy (non-hydrogen) atoms. The smallest absolute Gasteiger partial charge is 0.263 e. The molecule has 0 unspecified atom stereocenters. The Hall–Kier alpha value is -2.48. The first-order valence-corrected chi connectivity index (χ1v) is 7.87. The van der Waals surface area contributed by atoms with Crippen LogP contribution in [0.1, 0.15) is 52.3 Å². The number of hydrogen-bond donors (Lipinski definition) is 1. The van der Waals surface area contributed by atoms with E-state index in [0.717, 1.165) is 18.5 Å². The zero-order chi connectivity index (χ0) is 17.3. The van der Waals surface area contributed by atoms with Crippen LogP contribution < -0.4 is 10.9 Å². The zero-order valence-electron chi connectivity index (χ0n) is 14.0. The average molecular weight is 332 g/mol. The van der Waals surface area contributed by atoms with Gasteiger partial charge in [0.15, 0.2) is 5.82 Å². The third-order valence-electron chi connectivity index (χ3n) is 4.19. The summed E-state index contributed by atoms with van der Waals surface area (Å²) >= 11 is 0. The summed E-state index contributed by atoms with van der Waals surface area (Å²) in [7, 11) is 1.64. The van der Waals surface area contributed by atoms with Crippen LogP contribution >= 0.6 is 0 Å². The third-order valence-corrected chi connectivity index (χ3v) is 4.19. The molecule has 128 valence electrons. The molecule has 1 atom stereocenters. The molecule has 3 heterocycles. The van der Waals surface area contributed by atoms with E-state index in [1.54, 1.807) is 20.0 Å². The Morgan fingerprint density at radius 3 is 2.96 bits per heavy atom. The summed E-state index contributed by atoms with van der Waals surface area (Å²) in [5, 5.41) is 6.51. The van der Waals surface area contributed by atoms with Gasteiger partial charge in [-0.15, -0.1) is 0 Å². The second-order valence-corrected chi connectivity index (χ2v) is 5.94. The molecule has 0 bridgehead atoms. The highest BCUT2D eigenvalue weighted by molar-refractivity contribution is 5.95. The number of nitrogens with zero attached hydrogens (tertiary/aromatic N) is 3. The predicted molar refractivity (Wildman–Crippen MR) is 84.6 cm³/mol. The Balaban J connectivity index is 1.70. The van der Waals surface area contributed by atoms with Crippen LogP contribution in [0, 0.1) is 13.8 Å². The van der Waals surface area contributed by atoms with Crippen LogP contribution in [0.15, 0.2) is 15.4 Å². The summed E-state index contributed by atoms with van der Waals surface area (Å²) in [6, 6.07) is 1.81. The second-order valence-electron chi connectivity index (χ2n) is 5.94. The van der Waals surface area contributed by atoms with E-state index in [-0.39, 0.29) is 23.8 Å². The van der Waals surface area contributed by atoms with Gasteiger partial charge >= 0.3 is 0 Å². The Bertz CT molecular complexity index is 818. The van der Waals surface area contributed by atoms with Gasteiger partial charge in [-0.3, -0.25) is 9.59 Å². The standard InChI is InChI=1S/C16H20N4O4/c1-9-7-10(2)20(3)16(22)13(9)14(21)17-8-12-18-15(24-19-12)11-5-4-6-23-11/h7,11H,4-6,8H2,1-3H3,(H,17,21)/t11-/m0/s1. The summed E-state index contributed by atoms with van der Waals surface area (Å²) in [5.74, 6) is 0.339. The number of hydrogen-bond acceptors (Lipinski definition) is 6. The number of aryl methyl sites for hydroxylation is 2. The molecule has 1 aliphatic heterocycles. The van der Waals surface area contributed by atoms with E-state index in [9.17, 15) is 9.59 Å². The van der Waals surface area contributed by atoms with Crippen molar-refractivity contribution in [1.29, 1.82) is 0 Å². The maximum absolute atomic E-state index is 12.4. The first kappa shape index (κ1) is 16.4. The van der Waals surface area contributed by atoms with Crippen molar-refractivity contribution in [2.24, 2.45) is 7.05 Å². The molecule has 0 spiro atoms. The molecule has 0 saturated carbocycles. The van der Waals surface area contributed by atoms with Crippen molar-refractivity contribution in [3.8, 4) is 0 Å². The molecule has 0 aromatic carbocycles. The fraction of sp³-hybridized carbons (Fsp3) is 0.500. The van der Waals surface area contributed by atoms with E-state index in [0.29, 0.717) is 23.9 Å². The molecule has 3 rings (SSSR count). The molecular formula is C16H20N4O4. The molecule has 8 heteroatoms. The van der Waals surface area contributed by atoms with Crippen LogP contribution in [0.3, 0.4) is 0 Å². The molecular weight excluding hydrogens is 312 g/mol. The lowest BCUT2D eigenvalue weighted by Crippen LogP contribution is -2.34. The highest BCUT2D eigenvalue weighted by atomic mass is 16.5. The first-order chi connectivity index (χ1) is 11.5. The third kappa shape index (κ3) is 3.09. The van der Waals surface area contributed by atoms with Crippen molar-refractivity contribution in [2.75, 3.05) is 6.61 Å². The molecule has 0 aliphatic carbocycles. The Kier molecular flexibility index (Phi) is 4.48. The van der Waals surface area contributed by atoms with Gasteiger partial charge in [0.25, 0.3) is 17.4 Å². The van der Waals surface area contributed by atoms with Gasteiger partial charge in [0.2, 0.25) is 0 Å². The van der Waals surface area contributed by atoms with E-state index < -0.39 is 5.91 Å². The second kappa shape index (κ2) is 6.56. The van der Waals surface area contributed by atoms with Crippen molar-refractivity contribution in [1.82, 2.24) is 20.0 Å². The lowest BCUT2D eigenvalue weighted by atomic mass is 10.1. The Morgan fingerprint density at radius 2 is 2.25 bits per heavy atom. The van der Waals surface area contributed by atoms with E-state index in [4.69, 9.17) is 9.26 Å². The van der Waals surface area contributed by atoms with Gasteiger partial charge in [-0.1, -0.05) is 5.16 Å². The fourth-order valence-corrected chi connectivity index (χ4v) is 2.75. The van der Waals surface area contributed by atoms with Gasteiger partial charge in [0.05, 0.1) is 6.54 Å². The van der Waals surface area contributed by atoms with Crippen molar-refractivity contribution >= 4 is 5.91 Å². The topological polar surface area (TPSA) is 99.2 Å². The molecule has 0 radical (unpaired) electrons. The molecule has 8 nitrogen and oxygen atoms in total. The molecule has 2 aromatic rings. The molecule has 2 aromatic heterocycles. The number of ether oxygens (including phenoxy) is 1. The number of nitrogens with one attached hydrogen (secondary N) is 1. The van der Waals surface area contributed by atoms with Crippen LogP contribution in [0.25, 0.3) is 0 Å². The summed E-state index contributed by atoms with van der Waals surface area (Å²) in [5.41, 5.74) is 1.25. The monoisotopic (exact) mass is 332 g/mol. The van der Waals surface area contributed by atoms with Crippen LogP contribution in [-0.2, 0) is 18.3 Å². The molecule has 1 saturated heterocycles. The lowest BCUT2D eigenvalue weighted by molar-refractivity contribution is 0.0835. The Morgan fingerprint density at radius 1 is 1.46 bits per heavy atom. The maximum atomic E-state index is 12.4. The molecule has 1 fully saturated rings. The normalized spacial score (nSPS) is 17.2. The summed E-state index contributed by atoms with van der Waals surface area (Å²) in [4.78, 5) is 28.9. The lowest BCUT2D eigenvalue weighted by Gasteiger charge is -2.10. The number of rotatable bonds is 4. The van der Waals surface area contributed by atoms with E-state index in [2.05, 4.69) is 15.5 Å². The van der Waals surface area contributed by atoms with Crippen LogP contribution in [-0.4, -0.2) is 27.2 Å². The van der Waals surface area contributed by atoms with Gasteiger partial charge < -0.3 is 19.1 Å². The quantitative estimate of drug-likeness (QED) is 0.902. The number of pyridine rings is 1. The van der Waals surface area contributed by atoms with E-state index >= 15 is 0 Å². The minimum atomic E-state index is -0.448. The average Bonchev–Trinajstić information content (AvgIpc) is 3.21. The van der Waals surface area contributed by atoms with Crippen LogP contribution in [0.5, 0.6) is 0 Å². The van der Waals surface area contributed by atoms with Crippen LogP contribution in [0.4, 0.5) is 0 Å². The fourth-order valence-electron chi connectivity index (χ4n) is 2.75. The van der Waals surface area contributed by atoms with Gasteiger partial charge in [-0.2, -0.15) is 4.98 Å². The molecule has 1 amide bonds. The number of carbonyl (C=O) groups excluding carboxylic acids is 1. The van der Waals surface area contributed by atoms with Crippen molar-refractivity contribution < 1.29 is 14.1 Å².